The number of aliphatic hydroxyl groups excluding tert-OH is 7. The summed E-state index contributed by atoms with van der Waals surface area (Å²) >= 11 is 0. The molecule has 2 aliphatic carbocycles. The molecule has 4 aliphatic rings. The Bertz CT molecular complexity index is 1640. The van der Waals surface area contributed by atoms with Crippen LogP contribution in [0.3, 0.4) is 0 Å². The predicted octanol–water partition coefficient (Wildman–Crippen LogP) is 4.25. The predicted molar refractivity (Wildman–Crippen MR) is 229 cm³/mol. The summed E-state index contributed by atoms with van der Waals surface area (Å²) in [6.07, 6.45) is 16.2. The summed E-state index contributed by atoms with van der Waals surface area (Å²) in [5, 5.41) is 86.3. The van der Waals surface area contributed by atoms with Crippen LogP contribution in [0.1, 0.15) is 105 Å². The molecule has 2 saturated heterocycles. The van der Waals surface area contributed by atoms with Gasteiger partial charge < -0.3 is 51.7 Å². The Balaban J connectivity index is 1.25. The normalized spacial score (nSPS) is 31.2. The van der Waals surface area contributed by atoms with Crippen molar-refractivity contribution >= 4 is 17.6 Å². The summed E-state index contributed by atoms with van der Waals surface area (Å²) < 4.78 is 0. The maximum absolute atomic E-state index is 12.8. The highest BCUT2D eigenvalue weighted by atomic mass is 16.3. The lowest BCUT2D eigenvalue weighted by Gasteiger charge is -2.53. The van der Waals surface area contributed by atoms with Crippen molar-refractivity contribution in [1.82, 2.24) is 10.2 Å². The second-order valence-corrected chi connectivity index (χ2v) is 17.9. The molecule has 0 aromatic rings. The van der Waals surface area contributed by atoms with Crippen molar-refractivity contribution in [2.75, 3.05) is 13.1 Å². The third-order valence-electron chi connectivity index (χ3n) is 13.6. The molecule has 0 aromatic heterocycles. The first kappa shape index (κ1) is 48.1. The number of carbonyl (C=O) groups is 2. The molecule has 3 fully saturated rings. The number of ketones is 1. The van der Waals surface area contributed by atoms with E-state index in [-0.39, 0.29) is 72.3 Å². The van der Waals surface area contributed by atoms with Gasteiger partial charge >= 0.3 is 0 Å². The molecule has 1 saturated carbocycles. The molecular formula is C46H72N4O9. The number of nitrogens with one attached hydrogen (secondary N) is 2. The van der Waals surface area contributed by atoms with E-state index in [0.29, 0.717) is 37.7 Å². The van der Waals surface area contributed by atoms with Gasteiger partial charge in [0.15, 0.2) is 11.7 Å². The molecule has 11 N–H and O–H groups in total. The largest absolute Gasteiger partial charge is 0.511 e. The molecule has 13 nitrogen and oxygen atoms in total. The Kier molecular flexibility index (Phi) is 17.8. The molecule has 330 valence electrons. The average molecular weight is 825 g/mol. The molecule has 2 heterocycles. The van der Waals surface area contributed by atoms with Gasteiger partial charge in [-0.3, -0.25) is 15.0 Å². The Morgan fingerprint density at radius 2 is 1.69 bits per heavy atom. The number of likely N-dealkylation sites (tertiary alicyclic amines) is 1. The van der Waals surface area contributed by atoms with Crippen LogP contribution in [0, 0.1) is 40.4 Å². The van der Waals surface area contributed by atoms with Gasteiger partial charge in [-0.2, -0.15) is 0 Å². The van der Waals surface area contributed by atoms with Gasteiger partial charge in [-0.05, 0) is 101 Å². The van der Waals surface area contributed by atoms with Crippen LogP contribution in [-0.4, -0.2) is 114 Å². The number of aliphatic hydroxyl groups is 7. The zero-order valence-electron chi connectivity index (χ0n) is 35.7. The van der Waals surface area contributed by atoms with Crippen LogP contribution in [0.25, 0.3) is 0 Å². The molecule has 0 radical (unpaired) electrons. The first-order valence-electron chi connectivity index (χ1n) is 21.7. The zero-order valence-corrected chi connectivity index (χ0v) is 35.7. The van der Waals surface area contributed by atoms with E-state index in [9.17, 15) is 45.3 Å². The fourth-order valence-corrected chi connectivity index (χ4v) is 9.89. The fraction of sp³-hybridized carbons (Fsp3) is 0.674. The maximum Gasteiger partial charge on any atom is 0.258 e. The highest BCUT2D eigenvalue weighted by molar-refractivity contribution is 6.25. The second-order valence-electron chi connectivity index (χ2n) is 17.9. The number of nitrogens with zero attached hydrogens (tertiary/aromatic N) is 1. The van der Waals surface area contributed by atoms with Crippen molar-refractivity contribution in [2.45, 2.75) is 148 Å². The van der Waals surface area contributed by atoms with E-state index < -0.39 is 53.7 Å². The number of rotatable bonds is 19. The third-order valence-corrected chi connectivity index (χ3v) is 13.6. The van der Waals surface area contributed by atoms with Crippen LogP contribution in [0.2, 0.25) is 0 Å². The fourth-order valence-electron chi connectivity index (χ4n) is 9.89. The van der Waals surface area contributed by atoms with E-state index in [4.69, 9.17) is 11.1 Å². The maximum atomic E-state index is 12.8. The van der Waals surface area contributed by atoms with Crippen molar-refractivity contribution in [3.05, 3.63) is 71.1 Å². The van der Waals surface area contributed by atoms with Crippen LogP contribution >= 0.6 is 0 Å². The number of allylic oxidation sites excluding steroid dienone is 2. The number of carbonyl (C=O) groups excluding carboxylic acids is 2. The number of Topliss-reactive ketones (excluding diaryl/α,β-unsaturated/α-hetero) is 1. The number of hydrogen-bond donors (Lipinski definition) is 10. The number of guanidine groups is 1. The van der Waals surface area contributed by atoms with Gasteiger partial charge in [0.1, 0.15) is 11.3 Å². The first-order valence-corrected chi connectivity index (χ1v) is 21.7. The topological polar surface area (TPSA) is 241 Å². The standard InChI is InChI=1S/C46H72N4O9/c1-27(38(54)15-7-12-32(51)11-6-13-34(53)25-31-10-9-23-50(31)45(47)48)17-20-33(52)21-18-28(2)42(57)29(3)19-22-36-30(4)24-35-37(14-8-16-39(35)55)46(36,5)43(58)41-40(56)26-49-44(41)59/h6-7,11,15,17-18,20,24,27,29,31-39,42,51-55,57-58H,8-10,12-14,16,19,21-23,25-26H2,1-5H3,(H3,47,48)(H,49,59). The van der Waals surface area contributed by atoms with Crippen LogP contribution < -0.4 is 11.1 Å². The monoisotopic (exact) mass is 825 g/mol. The van der Waals surface area contributed by atoms with Gasteiger partial charge in [0, 0.05) is 29.8 Å². The summed E-state index contributed by atoms with van der Waals surface area (Å²) in [5.41, 5.74) is 6.20. The van der Waals surface area contributed by atoms with E-state index in [1.165, 1.54) is 0 Å². The summed E-state index contributed by atoms with van der Waals surface area (Å²) in [7, 11) is 0. The van der Waals surface area contributed by atoms with E-state index in [0.717, 1.165) is 37.8 Å². The second kappa shape index (κ2) is 21.8. The number of hydrogen-bond acceptors (Lipinski definition) is 10. The molecular weight excluding hydrogens is 753 g/mol. The van der Waals surface area contributed by atoms with Crippen LogP contribution in [0.5, 0.6) is 0 Å². The summed E-state index contributed by atoms with van der Waals surface area (Å²) in [5.74, 6) is -2.23. The Labute approximate surface area is 350 Å². The minimum absolute atomic E-state index is 0.0315. The smallest absolute Gasteiger partial charge is 0.258 e. The highest BCUT2D eigenvalue weighted by Crippen LogP contribution is 2.58. The number of nitrogens with two attached hydrogens (primary N) is 1. The van der Waals surface area contributed by atoms with E-state index in [1.54, 1.807) is 36.5 Å². The molecule has 13 heteroatoms. The van der Waals surface area contributed by atoms with E-state index >= 15 is 0 Å². The molecule has 13 atom stereocenters. The van der Waals surface area contributed by atoms with Crippen molar-refractivity contribution in [2.24, 2.45) is 40.7 Å². The van der Waals surface area contributed by atoms with Gasteiger partial charge in [0.2, 0.25) is 0 Å². The average Bonchev–Trinajstić information content (AvgIpc) is 3.80. The van der Waals surface area contributed by atoms with E-state index in [1.807, 2.05) is 45.6 Å². The van der Waals surface area contributed by atoms with Gasteiger partial charge in [-0.25, -0.2) is 0 Å². The van der Waals surface area contributed by atoms with Gasteiger partial charge in [0.25, 0.3) is 5.91 Å². The summed E-state index contributed by atoms with van der Waals surface area (Å²) in [6.45, 7) is 10.1. The molecule has 1 amide bonds. The molecule has 0 bridgehead atoms. The van der Waals surface area contributed by atoms with Crippen molar-refractivity contribution in [1.29, 1.82) is 5.41 Å². The Morgan fingerprint density at radius 1 is 1.00 bits per heavy atom. The molecule has 4 rings (SSSR count). The zero-order chi connectivity index (χ0) is 43.6. The minimum atomic E-state index is -0.953. The Hall–Kier alpha value is -3.59. The van der Waals surface area contributed by atoms with Crippen LogP contribution in [-0.2, 0) is 9.59 Å². The molecule has 59 heavy (non-hydrogen) atoms. The molecule has 13 unspecified atom stereocenters. The first-order chi connectivity index (χ1) is 27.9. The van der Waals surface area contributed by atoms with Gasteiger partial charge in [-0.15, -0.1) is 0 Å². The lowest BCUT2D eigenvalue weighted by molar-refractivity contribution is -0.118. The van der Waals surface area contributed by atoms with Crippen LogP contribution in [0.4, 0.5) is 0 Å². The quantitative estimate of drug-likeness (QED) is 0.0221. The molecule has 0 aromatic carbocycles. The summed E-state index contributed by atoms with van der Waals surface area (Å²) in [4.78, 5) is 27.3. The highest BCUT2D eigenvalue weighted by Gasteiger charge is 2.55. The van der Waals surface area contributed by atoms with Gasteiger partial charge in [0.05, 0.1) is 43.2 Å². The van der Waals surface area contributed by atoms with Crippen LogP contribution in [0.15, 0.2) is 71.1 Å². The number of fused-ring (bicyclic) bond motifs is 1. The lowest BCUT2D eigenvalue weighted by atomic mass is 9.52. The van der Waals surface area contributed by atoms with Crippen molar-refractivity contribution < 1.29 is 45.3 Å². The van der Waals surface area contributed by atoms with Crippen molar-refractivity contribution in [3.63, 3.8) is 0 Å². The SMILES string of the molecule is CC(=CCC(O)C=CC(C)C(O)C=CCC(O)C=CCC(O)CC1CCCN1C(=N)N)C(O)C(C)CCC1C(C)=CC2C(O)CCCC2C1(C)C(O)=C1C(=O)CNC1=O. The molecule has 0 spiro atoms. The van der Waals surface area contributed by atoms with Crippen molar-refractivity contribution in [3.8, 4) is 0 Å². The summed E-state index contributed by atoms with van der Waals surface area (Å²) in [6, 6.07) is 0.0588. The lowest BCUT2D eigenvalue weighted by Crippen LogP contribution is -2.50. The minimum Gasteiger partial charge on any atom is -0.511 e. The Morgan fingerprint density at radius 3 is 2.37 bits per heavy atom. The van der Waals surface area contributed by atoms with E-state index in [2.05, 4.69) is 11.4 Å². The van der Waals surface area contributed by atoms with Gasteiger partial charge in [-0.1, -0.05) is 81.4 Å². The third kappa shape index (κ3) is 12.3. The molecule has 2 aliphatic heterocycles. The number of amides is 1.